The summed E-state index contributed by atoms with van der Waals surface area (Å²) in [6.07, 6.45) is 4.82. The topological polar surface area (TPSA) is 73.6 Å². The molecule has 1 aliphatic carbocycles. The minimum Gasteiger partial charge on any atom is -0.493 e. The van der Waals surface area contributed by atoms with Crippen molar-refractivity contribution in [2.75, 3.05) is 7.11 Å². The first kappa shape index (κ1) is 19.2. The first-order valence-corrected chi connectivity index (χ1v) is 9.50. The Labute approximate surface area is 160 Å². The standard InChI is InChI=1S/C22H28N2O3/c1-15-7-10-17(11-8-15)21(23)22(25)24-14-16-9-12-19(26-2)20(13-16)27-18-5-3-4-6-18/h7-13,18,21H,3-6,14,23H2,1-2H3,(H,24,25). The summed E-state index contributed by atoms with van der Waals surface area (Å²) in [6, 6.07) is 12.8. The van der Waals surface area contributed by atoms with Gasteiger partial charge < -0.3 is 20.5 Å². The number of nitrogens with two attached hydrogens (primary N) is 1. The molecule has 0 aliphatic heterocycles. The number of ether oxygens (including phenoxy) is 2. The first-order valence-electron chi connectivity index (χ1n) is 9.50. The van der Waals surface area contributed by atoms with Crippen molar-refractivity contribution < 1.29 is 14.3 Å². The predicted octanol–water partition coefficient (Wildman–Crippen LogP) is 3.64. The number of benzene rings is 2. The second-order valence-corrected chi connectivity index (χ2v) is 7.12. The van der Waals surface area contributed by atoms with Gasteiger partial charge in [-0.2, -0.15) is 0 Å². The van der Waals surface area contributed by atoms with E-state index in [0.29, 0.717) is 12.3 Å². The fourth-order valence-corrected chi connectivity index (χ4v) is 3.33. The number of carbonyl (C=O) groups excluding carboxylic acids is 1. The highest BCUT2D eigenvalue weighted by Crippen LogP contribution is 2.32. The summed E-state index contributed by atoms with van der Waals surface area (Å²) in [5.41, 5.74) is 8.97. The van der Waals surface area contributed by atoms with Crippen LogP contribution < -0.4 is 20.5 Å². The second-order valence-electron chi connectivity index (χ2n) is 7.12. The zero-order chi connectivity index (χ0) is 19.2. The van der Waals surface area contributed by atoms with E-state index in [1.54, 1.807) is 7.11 Å². The maximum atomic E-state index is 12.4. The van der Waals surface area contributed by atoms with E-state index in [1.807, 2.05) is 49.4 Å². The average Bonchev–Trinajstić information content (AvgIpc) is 3.19. The van der Waals surface area contributed by atoms with Crippen molar-refractivity contribution in [1.29, 1.82) is 0 Å². The predicted molar refractivity (Wildman–Crippen MR) is 106 cm³/mol. The van der Waals surface area contributed by atoms with Gasteiger partial charge in [-0.3, -0.25) is 4.79 Å². The quantitative estimate of drug-likeness (QED) is 0.782. The molecular formula is C22H28N2O3. The van der Waals surface area contributed by atoms with Gasteiger partial charge in [0.2, 0.25) is 5.91 Å². The van der Waals surface area contributed by atoms with Gasteiger partial charge in [0.1, 0.15) is 6.04 Å². The van der Waals surface area contributed by atoms with Crippen molar-refractivity contribution in [2.24, 2.45) is 5.73 Å². The molecule has 1 unspecified atom stereocenters. The molecular weight excluding hydrogens is 340 g/mol. The van der Waals surface area contributed by atoms with Crippen LogP contribution in [0.15, 0.2) is 42.5 Å². The van der Waals surface area contributed by atoms with Crippen molar-refractivity contribution in [3.05, 3.63) is 59.2 Å². The van der Waals surface area contributed by atoms with E-state index in [-0.39, 0.29) is 12.0 Å². The summed E-state index contributed by atoms with van der Waals surface area (Å²) >= 11 is 0. The van der Waals surface area contributed by atoms with Gasteiger partial charge in [0.25, 0.3) is 0 Å². The lowest BCUT2D eigenvalue weighted by molar-refractivity contribution is -0.122. The Hall–Kier alpha value is -2.53. The Bertz CT molecular complexity index is 768. The normalized spacial score (nSPS) is 15.4. The maximum absolute atomic E-state index is 12.4. The molecule has 1 aliphatic rings. The average molecular weight is 368 g/mol. The lowest BCUT2D eigenvalue weighted by atomic mass is 10.1. The molecule has 1 saturated carbocycles. The van der Waals surface area contributed by atoms with Gasteiger partial charge in [0.15, 0.2) is 11.5 Å². The number of aryl methyl sites for hydroxylation is 1. The lowest BCUT2D eigenvalue weighted by Crippen LogP contribution is -2.33. The fraction of sp³-hybridized carbons (Fsp3) is 0.409. The summed E-state index contributed by atoms with van der Waals surface area (Å²) in [5.74, 6) is 1.25. The maximum Gasteiger partial charge on any atom is 0.241 e. The van der Waals surface area contributed by atoms with E-state index >= 15 is 0 Å². The lowest BCUT2D eigenvalue weighted by Gasteiger charge is -2.17. The highest BCUT2D eigenvalue weighted by Gasteiger charge is 2.19. The molecule has 144 valence electrons. The van der Waals surface area contributed by atoms with Crippen LogP contribution in [0.4, 0.5) is 0 Å². The molecule has 3 N–H and O–H groups in total. The Balaban J connectivity index is 1.62. The minimum absolute atomic E-state index is 0.201. The highest BCUT2D eigenvalue weighted by atomic mass is 16.5. The molecule has 5 heteroatoms. The number of hydrogen-bond acceptors (Lipinski definition) is 4. The molecule has 1 amide bonds. The van der Waals surface area contributed by atoms with Crippen LogP contribution in [0.1, 0.15) is 48.4 Å². The van der Waals surface area contributed by atoms with E-state index in [9.17, 15) is 4.79 Å². The molecule has 0 spiro atoms. The van der Waals surface area contributed by atoms with Gasteiger partial charge in [-0.25, -0.2) is 0 Å². The van der Waals surface area contributed by atoms with Crippen LogP contribution in [0.5, 0.6) is 11.5 Å². The van der Waals surface area contributed by atoms with Gasteiger partial charge in [-0.15, -0.1) is 0 Å². The summed E-state index contributed by atoms with van der Waals surface area (Å²) in [7, 11) is 1.64. The molecule has 2 aromatic carbocycles. The van der Waals surface area contributed by atoms with Gasteiger partial charge in [-0.1, -0.05) is 35.9 Å². The van der Waals surface area contributed by atoms with Gasteiger partial charge in [-0.05, 0) is 55.9 Å². The monoisotopic (exact) mass is 368 g/mol. The van der Waals surface area contributed by atoms with Crippen LogP contribution in [0.25, 0.3) is 0 Å². The molecule has 1 fully saturated rings. The summed E-state index contributed by atoms with van der Waals surface area (Å²) in [4.78, 5) is 12.4. The molecule has 2 aromatic rings. The van der Waals surface area contributed by atoms with Crippen LogP contribution in [0.2, 0.25) is 0 Å². The second kappa shape index (κ2) is 8.91. The Morgan fingerprint density at radius 3 is 2.52 bits per heavy atom. The van der Waals surface area contributed by atoms with E-state index in [0.717, 1.165) is 35.3 Å². The largest absolute Gasteiger partial charge is 0.493 e. The zero-order valence-corrected chi connectivity index (χ0v) is 16.0. The van der Waals surface area contributed by atoms with Gasteiger partial charge in [0, 0.05) is 6.54 Å². The van der Waals surface area contributed by atoms with Crippen molar-refractivity contribution in [3.63, 3.8) is 0 Å². The van der Waals surface area contributed by atoms with Gasteiger partial charge >= 0.3 is 0 Å². The Morgan fingerprint density at radius 2 is 1.85 bits per heavy atom. The molecule has 0 bridgehead atoms. The molecule has 27 heavy (non-hydrogen) atoms. The van der Waals surface area contributed by atoms with E-state index in [2.05, 4.69) is 5.32 Å². The molecule has 0 heterocycles. The minimum atomic E-state index is -0.682. The first-order chi connectivity index (χ1) is 13.1. The van der Waals surface area contributed by atoms with E-state index in [4.69, 9.17) is 15.2 Å². The molecule has 0 saturated heterocycles. The van der Waals surface area contributed by atoms with Crippen molar-refractivity contribution in [3.8, 4) is 11.5 Å². The number of amides is 1. The third-order valence-electron chi connectivity index (χ3n) is 5.01. The molecule has 5 nitrogen and oxygen atoms in total. The number of rotatable bonds is 7. The molecule has 0 radical (unpaired) electrons. The smallest absolute Gasteiger partial charge is 0.241 e. The van der Waals surface area contributed by atoms with Crippen molar-refractivity contribution >= 4 is 5.91 Å². The number of nitrogens with one attached hydrogen (secondary N) is 1. The van der Waals surface area contributed by atoms with Crippen LogP contribution in [-0.4, -0.2) is 19.1 Å². The summed E-state index contributed by atoms with van der Waals surface area (Å²) in [6.45, 7) is 2.40. The Kier molecular flexibility index (Phi) is 6.35. The SMILES string of the molecule is COc1ccc(CNC(=O)C(N)c2ccc(C)cc2)cc1OC1CCCC1. The van der Waals surface area contributed by atoms with Crippen LogP contribution in [0, 0.1) is 6.92 Å². The van der Waals surface area contributed by atoms with Crippen LogP contribution in [0.3, 0.4) is 0 Å². The molecule has 1 atom stereocenters. The van der Waals surface area contributed by atoms with Crippen molar-refractivity contribution in [2.45, 2.75) is 51.3 Å². The molecule has 3 rings (SSSR count). The number of methoxy groups -OCH3 is 1. The van der Waals surface area contributed by atoms with E-state index < -0.39 is 6.04 Å². The van der Waals surface area contributed by atoms with Crippen LogP contribution >= 0.6 is 0 Å². The number of carbonyl (C=O) groups is 1. The third-order valence-corrected chi connectivity index (χ3v) is 5.01. The van der Waals surface area contributed by atoms with Crippen LogP contribution in [-0.2, 0) is 11.3 Å². The molecule has 0 aromatic heterocycles. The van der Waals surface area contributed by atoms with E-state index in [1.165, 1.54) is 12.8 Å². The summed E-state index contributed by atoms with van der Waals surface area (Å²) < 4.78 is 11.5. The van der Waals surface area contributed by atoms with Crippen molar-refractivity contribution in [1.82, 2.24) is 5.32 Å². The summed E-state index contributed by atoms with van der Waals surface area (Å²) in [5, 5.41) is 2.91. The Morgan fingerprint density at radius 1 is 1.15 bits per heavy atom. The highest BCUT2D eigenvalue weighted by molar-refractivity contribution is 5.82. The fourth-order valence-electron chi connectivity index (χ4n) is 3.33. The van der Waals surface area contributed by atoms with Gasteiger partial charge in [0.05, 0.1) is 13.2 Å². The number of hydrogen-bond donors (Lipinski definition) is 2. The third kappa shape index (κ3) is 5.01. The zero-order valence-electron chi connectivity index (χ0n) is 16.0.